The van der Waals surface area contributed by atoms with Crippen LogP contribution in [-0.4, -0.2) is 45.7 Å². The number of anilines is 1. The maximum Gasteiger partial charge on any atom is 0.236 e. The number of imidazole rings is 1. The molecule has 0 amide bonds. The molecule has 1 aliphatic rings. The van der Waals surface area contributed by atoms with Gasteiger partial charge in [0.25, 0.3) is 0 Å². The van der Waals surface area contributed by atoms with Crippen LogP contribution in [0.15, 0.2) is 30.6 Å². The molecule has 8 nitrogen and oxygen atoms in total. The molecule has 3 heterocycles. The number of nitrogens with two attached hydrogens (primary N) is 1. The number of nitriles is 1. The number of aliphatic hydroxyl groups excluding tert-OH is 1. The maximum atomic E-state index is 9.74. The minimum absolute atomic E-state index is 0.175. The molecular formula is C19H20N6O2. The summed E-state index contributed by atoms with van der Waals surface area (Å²) < 4.78 is 7.05. The van der Waals surface area contributed by atoms with E-state index in [1.165, 1.54) is 7.11 Å². The fraction of sp³-hybridized carbons (Fsp3) is 0.316. The molecular weight excluding hydrogens is 344 g/mol. The lowest BCUT2D eigenvalue weighted by atomic mass is 10.0. The summed E-state index contributed by atoms with van der Waals surface area (Å²) in [7, 11) is 1.50. The summed E-state index contributed by atoms with van der Waals surface area (Å²) in [6.07, 6.45) is 4.70. The van der Waals surface area contributed by atoms with Gasteiger partial charge >= 0.3 is 0 Å². The lowest BCUT2D eigenvalue weighted by Gasteiger charge is -2.16. The highest BCUT2D eigenvalue weighted by Gasteiger charge is 2.21. The van der Waals surface area contributed by atoms with Crippen molar-refractivity contribution in [2.75, 3.05) is 25.1 Å². The molecule has 3 N–H and O–H groups in total. The zero-order chi connectivity index (χ0) is 19.0. The molecule has 1 fully saturated rings. The van der Waals surface area contributed by atoms with E-state index in [2.05, 4.69) is 20.9 Å². The highest BCUT2D eigenvalue weighted by molar-refractivity contribution is 5.70. The van der Waals surface area contributed by atoms with Gasteiger partial charge in [0.05, 0.1) is 25.0 Å². The van der Waals surface area contributed by atoms with Gasteiger partial charge in [0.1, 0.15) is 17.6 Å². The number of ether oxygens (including phenoxy) is 1. The highest BCUT2D eigenvalue weighted by atomic mass is 16.5. The highest BCUT2D eigenvalue weighted by Crippen LogP contribution is 2.30. The summed E-state index contributed by atoms with van der Waals surface area (Å²) in [5.41, 5.74) is 8.34. The molecule has 1 atom stereocenters. The lowest BCUT2D eigenvalue weighted by Crippen LogP contribution is -2.26. The average molecular weight is 364 g/mol. The Kier molecular flexibility index (Phi) is 4.39. The fourth-order valence-corrected chi connectivity index (χ4v) is 3.41. The molecule has 0 bridgehead atoms. The third-order valence-corrected chi connectivity index (χ3v) is 4.85. The molecule has 138 valence electrons. The number of nitrogens with zero attached hydrogens (tertiary/aromatic N) is 5. The molecule has 0 aliphatic carbocycles. The van der Waals surface area contributed by atoms with Gasteiger partial charge in [0.2, 0.25) is 5.78 Å². The molecule has 1 saturated heterocycles. The van der Waals surface area contributed by atoms with Crippen molar-refractivity contribution in [1.29, 1.82) is 5.26 Å². The summed E-state index contributed by atoms with van der Waals surface area (Å²) in [6, 6.07) is 7.59. The Morgan fingerprint density at radius 2 is 2.26 bits per heavy atom. The zero-order valence-electron chi connectivity index (χ0n) is 15.0. The Labute approximate surface area is 156 Å². The third-order valence-electron chi connectivity index (χ3n) is 4.85. The summed E-state index contributed by atoms with van der Waals surface area (Å²) in [4.78, 5) is 11.4. The van der Waals surface area contributed by atoms with Crippen molar-refractivity contribution in [1.82, 2.24) is 14.4 Å². The van der Waals surface area contributed by atoms with Crippen LogP contribution in [-0.2, 0) is 6.61 Å². The van der Waals surface area contributed by atoms with Crippen LogP contribution in [0.25, 0.3) is 17.0 Å². The lowest BCUT2D eigenvalue weighted by molar-refractivity contribution is 0.281. The summed E-state index contributed by atoms with van der Waals surface area (Å²) in [5, 5.41) is 19.1. The first-order chi connectivity index (χ1) is 13.1. The first-order valence-corrected chi connectivity index (χ1v) is 8.71. The van der Waals surface area contributed by atoms with Crippen molar-refractivity contribution in [3.8, 4) is 23.1 Å². The van der Waals surface area contributed by atoms with E-state index in [-0.39, 0.29) is 12.6 Å². The van der Waals surface area contributed by atoms with E-state index in [0.29, 0.717) is 33.9 Å². The molecule has 4 rings (SSSR count). The van der Waals surface area contributed by atoms with E-state index in [4.69, 9.17) is 10.5 Å². The van der Waals surface area contributed by atoms with E-state index in [1.807, 2.05) is 22.9 Å². The van der Waals surface area contributed by atoms with Crippen molar-refractivity contribution in [2.24, 2.45) is 5.73 Å². The Morgan fingerprint density at radius 1 is 1.41 bits per heavy atom. The van der Waals surface area contributed by atoms with Gasteiger partial charge in [-0.15, -0.1) is 0 Å². The van der Waals surface area contributed by atoms with E-state index < -0.39 is 0 Å². The van der Waals surface area contributed by atoms with Crippen LogP contribution < -0.4 is 15.4 Å². The minimum Gasteiger partial charge on any atom is -0.495 e. The molecule has 3 aromatic rings. The molecule has 8 heteroatoms. The van der Waals surface area contributed by atoms with Crippen LogP contribution in [0.3, 0.4) is 0 Å². The molecule has 1 aliphatic heterocycles. The number of fused-ring (bicyclic) bond motifs is 1. The number of hydrogen-bond donors (Lipinski definition) is 2. The quantitative estimate of drug-likeness (QED) is 0.717. The molecule has 1 aromatic carbocycles. The minimum atomic E-state index is -0.185. The predicted molar refractivity (Wildman–Crippen MR) is 100 cm³/mol. The van der Waals surface area contributed by atoms with Gasteiger partial charge in [-0.25, -0.2) is 4.98 Å². The monoisotopic (exact) mass is 364 g/mol. The average Bonchev–Trinajstić information content (AvgIpc) is 3.32. The first-order valence-electron chi connectivity index (χ1n) is 8.71. The second-order valence-corrected chi connectivity index (χ2v) is 6.59. The zero-order valence-corrected chi connectivity index (χ0v) is 15.0. The van der Waals surface area contributed by atoms with Crippen LogP contribution in [0.1, 0.15) is 17.5 Å². The summed E-state index contributed by atoms with van der Waals surface area (Å²) in [6.45, 7) is 1.49. The number of methoxy groups -OCH3 is 1. The van der Waals surface area contributed by atoms with Crippen molar-refractivity contribution < 1.29 is 9.84 Å². The van der Waals surface area contributed by atoms with Gasteiger partial charge in [0, 0.05) is 37.1 Å². The molecule has 0 saturated carbocycles. The molecule has 1 unspecified atom stereocenters. The molecule has 27 heavy (non-hydrogen) atoms. The number of hydrogen-bond acceptors (Lipinski definition) is 7. The topological polar surface area (TPSA) is 113 Å². The number of rotatable bonds is 4. The summed E-state index contributed by atoms with van der Waals surface area (Å²) in [5.74, 6) is 1.84. The van der Waals surface area contributed by atoms with Crippen molar-refractivity contribution in [3.63, 3.8) is 0 Å². The fourth-order valence-electron chi connectivity index (χ4n) is 3.41. The third kappa shape index (κ3) is 3.07. The van der Waals surface area contributed by atoms with Crippen LogP contribution in [0, 0.1) is 11.3 Å². The van der Waals surface area contributed by atoms with E-state index >= 15 is 0 Å². The largest absolute Gasteiger partial charge is 0.495 e. The van der Waals surface area contributed by atoms with Crippen LogP contribution in [0.2, 0.25) is 0 Å². The van der Waals surface area contributed by atoms with Crippen LogP contribution >= 0.6 is 0 Å². The van der Waals surface area contributed by atoms with Gasteiger partial charge < -0.3 is 20.5 Å². The smallest absolute Gasteiger partial charge is 0.236 e. The second-order valence-electron chi connectivity index (χ2n) is 6.59. The van der Waals surface area contributed by atoms with Crippen molar-refractivity contribution in [2.45, 2.75) is 19.1 Å². The molecule has 0 radical (unpaired) electrons. The van der Waals surface area contributed by atoms with Gasteiger partial charge in [-0.1, -0.05) is 0 Å². The maximum absolute atomic E-state index is 9.74. The second kappa shape index (κ2) is 6.87. The Bertz CT molecular complexity index is 1040. The van der Waals surface area contributed by atoms with Gasteiger partial charge in [-0.2, -0.15) is 10.2 Å². The molecule has 2 aromatic heterocycles. The van der Waals surface area contributed by atoms with Crippen LogP contribution in [0.5, 0.6) is 5.75 Å². The first kappa shape index (κ1) is 17.3. The normalized spacial score (nSPS) is 16.7. The number of aromatic nitrogens is 3. The SMILES string of the molecule is COc1cc(CO)c(-c2cn3ccc(N4CCC(N)C4)nc3n2)cc1C#N. The molecule has 0 spiro atoms. The van der Waals surface area contributed by atoms with E-state index in [0.717, 1.165) is 25.3 Å². The Morgan fingerprint density at radius 3 is 2.93 bits per heavy atom. The number of aliphatic hydroxyl groups is 1. The predicted octanol–water partition coefficient (Wildman–Crippen LogP) is 1.31. The van der Waals surface area contributed by atoms with Gasteiger partial charge in [-0.05, 0) is 30.2 Å². The Hall–Kier alpha value is -3.15. The van der Waals surface area contributed by atoms with E-state index in [9.17, 15) is 10.4 Å². The van der Waals surface area contributed by atoms with E-state index in [1.54, 1.807) is 12.1 Å². The van der Waals surface area contributed by atoms with Crippen molar-refractivity contribution >= 4 is 11.6 Å². The van der Waals surface area contributed by atoms with Crippen molar-refractivity contribution in [3.05, 3.63) is 41.7 Å². The van der Waals surface area contributed by atoms with Crippen LogP contribution in [0.4, 0.5) is 5.82 Å². The summed E-state index contributed by atoms with van der Waals surface area (Å²) >= 11 is 0. The van der Waals surface area contributed by atoms with Gasteiger partial charge in [0.15, 0.2) is 0 Å². The Balaban J connectivity index is 1.77. The standard InChI is InChI=1S/C19H20N6O2/c1-27-17-7-13(11-26)15(6-12(17)8-20)16-10-25-5-3-18(23-19(25)22-16)24-4-2-14(21)9-24/h3,5-7,10,14,26H,2,4,9,11,21H2,1H3. The van der Waals surface area contributed by atoms with Gasteiger partial charge in [-0.3, -0.25) is 4.40 Å². The number of benzene rings is 1.